The molecule has 1 aliphatic rings. The van der Waals surface area contributed by atoms with Crippen molar-refractivity contribution in [1.29, 1.82) is 0 Å². The number of anilines is 2. The number of amides is 1. The molecule has 4 rings (SSSR count). The molecule has 0 saturated heterocycles. The lowest BCUT2D eigenvalue weighted by Gasteiger charge is -2.01. The first-order chi connectivity index (χ1) is 11.3. The van der Waals surface area contributed by atoms with Crippen molar-refractivity contribution >= 4 is 65.9 Å². The zero-order valence-corrected chi connectivity index (χ0v) is 14.4. The minimum absolute atomic E-state index is 0.106. The Morgan fingerprint density at radius 2 is 2.04 bits per heavy atom. The molecule has 2 aromatic heterocycles. The molecule has 0 bridgehead atoms. The predicted molar refractivity (Wildman–Crippen MR) is 99.4 cm³/mol. The summed E-state index contributed by atoms with van der Waals surface area (Å²) in [5, 5.41) is 7.67. The highest BCUT2D eigenvalue weighted by molar-refractivity contribution is 8.14. The number of thiophene rings is 1. The summed E-state index contributed by atoms with van der Waals surface area (Å²) in [5.74, 6) is 0.830. The maximum Gasteiger partial charge on any atom is 0.267 e. The highest BCUT2D eigenvalue weighted by Gasteiger charge is 2.17. The molecular formula is C15H12N4OS3. The first-order valence-corrected chi connectivity index (χ1v) is 9.61. The van der Waals surface area contributed by atoms with E-state index < -0.39 is 0 Å². The van der Waals surface area contributed by atoms with Crippen LogP contribution in [0.15, 0.2) is 41.4 Å². The minimum atomic E-state index is -0.106. The standard InChI is InChI=1S/C15H12N4OS3/c20-12(18-14-16-6-7-21-14)10-8-11-13(22-10)19-15(23-11)17-9-4-2-1-3-5-9/h1-5,8H,6-7H2,(H,17,19)(H,16,18,20). The highest BCUT2D eigenvalue weighted by atomic mass is 32.2. The molecule has 5 nitrogen and oxygen atoms in total. The zero-order chi connectivity index (χ0) is 15.6. The van der Waals surface area contributed by atoms with Crippen LogP contribution in [0.4, 0.5) is 10.8 Å². The minimum Gasteiger partial charge on any atom is -0.332 e. The lowest BCUT2D eigenvalue weighted by Crippen LogP contribution is -2.26. The molecule has 8 heteroatoms. The van der Waals surface area contributed by atoms with Crippen molar-refractivity contribution in [3.8, 4) is 0 Å². The molecule has 0 aliphatic carbocycles. The van der Waals surface area contributed by atoms with Gasteiger partial charge in [0.05, 0.1) is 16.1 Å². The SMILES string of the molecule is O=C(NC1=NCCS1)c1cc2sc(Nc3ccccc3)nc2s1. The Kier molecular flexibility index (Phi) is 4.02. The maximum atomic E-state index is 12.2. The highest BCUT2D eigenvalue weighted by Crippen LogP contribution is 2.34. The molecule has 116 valence electrons. The average Bonchev–Trinajstić information content (AvgIpc) is 3.24. The number of amidine groups is 1. The Hall–Kier alpha value is -1.90. The largest absolute Gasteiger partial charge is 0.332 e. The van der Waals surface area contributed by atoms with Gasteiger partial charge in [-0.2, -0.15) is 0 Å². The number of nitrogens with one attached hydrogen (secondary N) is 2. The van der Waals surface area contributed by atoms with Gasteiger partial charge >= 0.3 is 0 Å². The molecule has 0 spiro atoms. The van der Waals surface area contributed by atoms with Gasteiger partial charge in [-0.1, -0.05) is 41.3 Å². The van der Waals surface area contributed by atoms with Crippen molar-refractivity contribution in [2.45, 2.75) is 0 Å². The number of rotatable bonds is 3. The van der Waals surface area contributed by atoms with E-state index in [-0.39, 0.29) is 5.91 Å². The van der Waals surface area contributed by atoms with E-state index in [1.807, 2.05) is 36.4 Å². The monoisotopic (exact) mass is 360 g/mol. The van der Waals surface area contributed by atoms with E-state index in [1.54, 1.807) is 23.1 Å². The number of carbonyl (C=O) groups excluding carboxylic acids is 1. The number of thioether (sulfide) groups is 1. The first kappa shape index (κ1) is 14.7. The second-order valence-corrected chi connectivity index (χ2v) is 7.92. The van der Waals surface area contributed by atoms with E-state index in [1.165, 1.54) is 11.3 Å². The van der Waals surface area contributed by atoms with Crippen molar-refractivity contribution in [2.75, 3.05) is 17.6 Å². The van der Waals surface area contributed by atoms with Crippen LogP contribution in [0.1, 0.15) is 9.67 Å². The number of aromatic nitrogens is 1. The summed E-state index contributed by atoms with van der Waals surface area (Å²) in [4.78, 5) is 22.5. The molecule has 23 heavy (non-hydrogen) atoms. The van der Waals surface area contributed by atoms with Crippen LogP contribution in [-0.2, 0) is 0 Å². The van der Waals surface area contributed by atoms with E-state index in [0.29, 0.717) is 10.0 Å². The number of nitrogens with zero attached hydrogens (tertiary/aromatic N) is 2. The fourth-order valence-corrected chi connectivity index (χ4v) is 4.87. The second kappa shape index (κ2) is 6.31. The van der Waals surface area contributed by atoms with Gasteiger partial charge in [-0.05, 0) is 18.2 Å². The predicted octanol–water partition coefficient (Wildman–Crippen LogP) is 3.93. The van der Waals surface area contributed by atoms with Crippen molar-refractivity contribution < 1.29 is 4.79 Å². The Morgan fingerprint density at radius 3 is 2.78 bits per heavy atom. The molecule has 0 radical (unpaired) electrons. The van der Waals surface area contributed by atoms with Gasteiger partial charge < -0.3 is 10.6 Å². The van der Waals surface area contributed by atoms with Gasteiger partial charge in [0, 0.05) is 11.4 Å². The second-order valence-electron chi connectivity index (χ2n) is 4.78. The van der Waals surface area contributed by atoms with Crippen LogP contribution < -0.4 is 10.6 Å². The number of aliphatic imine (C=N–C) groups is 1. The molecule has 1 aliphatic heterocycles. The van der Waals surface area contributed by atoms with E-state index in [0.717, 1.165) is 32.6 Å². The lowest BCUT2D eigenvalue weighted by atomic mass is 10.3. The molecule has 0 fully saturated rings. The number of carbonyl (C=O) groups is 1. The molecule has 1 aromatic carbocycles. The normalized spacial score (nSPS) is 14.0. The number of para-hydroxylation sites is 1. The molecule has 3 aromatic rings. The summed E-state index contributed by atoms with van der Waals surface area (Å²) >= 11 is 4.53. The summed E-state index contributed by atoms with van der Waals surface area (Å²) in [7, 11) is 0. The topological polar surface area (TPSA) is 66.4 Å². The number of fused-ring (bicyclic) bond motifs is 1. The average molecular weight is 360 g/mol. The molecule has 0 saturated carbocycles. The lowest BCUT2D eigenvalue weighted by molar-refractivity contribution is 0.0982. The number of hydrogen-bond acceptors (Lipinski definition) is 7. The Morgan fingerprint density at radius 1 is 1.17 bits per heavy atom. The van der Waals surface area contributed by atoms with Gasteiger partial charge in [-0.15, -0.1) is 11.3 Å². The van der Waals surface area contributed by atoms with Crippen LogP contribution in [-0.4, -0.2) is 28.4 Å². The van der Waals surface area contributed by atoms with Gasteiger partial charge in [-0.3, -0.25) is 9.79 Å². The Bertz CT molecular complexity index is 853. The Labute approximate surface area is 144 Å². The molecule has 0 unspecified atom stereocenters. The first-order valence-electron chi connectivity index (χ1n) is 6.99. The van der Waals surface area contributed by atoms with E-state index in [2.05, 4.69) is 20.6 Å². The number of thiazole rings is 1. The third kappa shape index (κ3) is 3.24. The van der Waals surface area contributed by atoms with Crippen molar-refractivity contribution in [1.82, 2.24) is 10.3 Å². The van der Waals surface area contributed by atoms with Crippen LogP contribution in [0, 0.1) is 0 Å². The quantitative estimate of drug-likeness (QED) is 0.743. The maximum absolute atomic E-state index is 12.2. The summed E-state index contributed by atoms with van der Waals surface area (Å²) < 4.78 is 1.01. The summed E-state index contributed by atoms with van der Waals surface area (Å²) in [5.41, 5.74) is 1.00. The van der Waals surface area contributed by atoms with Crippen molar-refractivity contribution in [2.24, 2.45) is 4.99 Å². The van der Waals surface area contributed by atoms with E-state index >= 15 is 0 Å². The van der Waals surface area contributed by atoms with Crippen LogP contribution in [0.2, 0.25) is 0 Å². The summed E-state index contributed by atoms with van der Waals surface area (Å²) in [6.07, 6.45) is 0. The van der Waals surface area contributed by atoms with Gasteiger partial charge in [0.2, 0.25) is 0 Å². The van der Waals surface area contributed by atoms with Gasteiger partial charge in [-0.25, -0.2) is 4.98 Å². The van der Waals surface area contributed by atoms with Crippen LogP contribution in [0.25, 0.3) is 9.53 Å². The molecule has 0 atom stereocenters. The van der Waals surface area contributed by atoms with E-state index in [9.17, 15) is 4.79 Å². The van der Waals surface area contributed by atoms with Crippen molar-refractivity contribution in [3.63, 3.8) is 0 Å². The summed E-state index contributed by atoms with van der Waals surface area (Å²) in [6, 6.07) is 11.8. The van der Waals surface area contributed by atoms with Gasteiger partial charge in [0.1, 0.15) is 4.83 Å². The third-order valence-electron chi connectivity index (χ3n) is 3.14. The van der Waals surface area contributed by atoms with Crippen molar-refractivity contribution in [3.05, 3.63) is 41.3 Å². The molecule has 1 amide bonds. The fraction of sp³-hybridized carbons (Fsp3) is 0.133. The number of benzene rings is 1. The summed E-state index contributed by atoms with van der Waals surface area (Å²) in [6.45, 7) is 0.774. The third-order valence-corrected chi connectivity index (χ3v) is 6.11. The smallest absolute Gasteiger partial charge is 0.267 e. The van der Waals surface area contributed by atoms with E-state index in [4.69, 9.17) is 0 Å². The van der Waals surface area contributed by atoms with Gasteiger partial charge in [0.25, 0.3) is 5.91 Å². The molecule has 2 N–H and O–H groups in total. The Balaban J connectivity index is 1.51. The number of hydrogen-bond donors (Lipinski definition) is 2. The molecule has 3 heterocycles. The van der Waals surface area contributed by atoms with Gasteiger partial charge in [0.15, 0.2) is 10.3 Å². The van der Waals surface area contributed by atoms with Crippen LogP contribution >= 0.6 is 34.4 Å². The van der Waals surface area contributed by atoms with Crippen LogP contribution in [0.3, 0.4) is 0 Å². The fourth-order valence-electron chi connectivity index (χ4n) is 2.11. The van der Waals surface area contributed by atoms with Crippen LogP contribution in [0.5, 0.6) is 0 Å². The molecular weight excluding hydrogens is 348 g/mol. The zero-order valence-electron chi connectivity index (χ0n) is 11.9.